The van der Waals surface area contributed by atoms with Crippen LogP contribution in [0.2, 0.25) is 0 Å². The predicted octanol–water partition coefficient (Wildman–Crippen LogP) is 1.30. The molecule has 2 fully saturated rings. The summed E-state index contributed by atoms with van der Waals surface area (Å²) >= 11 is 0. The molecular weight excluding hydrogens is 576 g/mol. The molecule has 1 unspecified atom stereocenters. The van der Waals surface area contributed by atoms with Gasteiger partial charge in [0.1, 0.15) is 42.7 Å². The molecule has 0 spiro atoms. The van der Waals surface area contributed by atoms with Crippen molar-refractivity contribution in [2.45, 2.75) is 133 Å². The van der Waals surface area contributed by atoms with Gasteiger partial charge in [0.2, 0.25) is 0 Å². The fourth-order valence-electron chi connectivity index (χ4n) is 4.82. The molecule has 44 heavy (non-hydrogen) atoms. The number of allylic oxidation sites excluding steroid dienone is 8. The fraction of sp³-hybridized carbons (Fsp3) is 0.719. The molecule has 252 valence electrons. The monoisotopic (exact) mass is 628 g/mol. The van der Waals surface area contributed by atoms with Gasteiger partial charge in [0.05, 0.1) is 13.2 Å². The normalized spacial score (nSPS) is 33.3. The van der Waals surface area contributed by atoms with Gasteiger partial charge in [0, 0.05) is 6.42 Å². The topological polar surface area (TPSA) is 196 Å². The van der Waals surface area contributed by atoms with Gasteiger partial charge in [-0.3, -0.25) is 4.79 Å². The molecule has 2 saturated heterocycles. The van der Waals surface area contributed by atoms with Gasteiger partial charge in [-0.1, -0.05) is 68.4 Å². The van der Waals surface area contributed by atoms with E-state index in [0.717, 1.165) is 25.7 Å². The summed E-state index contributed by atoms with van der Waals surface area (Å²) in [6.07, 6.45) is 9.53. The highest BCUT2D eigenvalue weighted by Crippen LogP contribution is 2.30. The van der Waals surface area contributed by atoms with Crippen molar-refractivity contribution in [3.63, 3.8) is 0 Å². The van der Waals surface area contributed by atoms with E-state index in [4.69, 9.17) is 18.9 Å². The molecule has 7 N–H and O–H groups in total. The van der Waals surface area contributed by atoms with Crippen molar-refractivity contribution in [1.82, 2.24) is 0 Å². The first kappa shape index (κ1) is 38.2. The molecule has 10 atom stereocenters. The van der Waals surface area contributed by atoms with Crippen LogP contribution in [0.5, 0.6) is 0 Å². The molecule has 2 aliphatic heterocycles. The largest absolute Gasteiger partial charge is 0.456 e. The Bertz CT molecular complexity index is 904. The van der Waals surface area contributed by atoms with Gasteiger partial charge in [0.15, 0.2) is 18.7 Å². The Balaban J connectivity index is 1.77. The molecule has 0 aliphatic carbocycles. The fourth-order valence-corrected chi connectivity index (χ4v) is 4.82. The Morgan fingerprint density at radius 1 is 0.659 bits per heavy atom. The van der Waals surface area contributed by atoms with Crippen molar-refractivity contribution in [1.29, 1.82) is 0 Å². The predicted molar refractivity (Wildman–Crippen MR) is 161 cm³/mol. The highest BCUT2D eigenvalue weighted by molar-refractivity contribution is 5.69. The number of aliphatic hydroxyl groups is 7. The lowest BCUT2D eigenvalue weighted by atomic mass is 9.97. The zero-order chi connectivity index (χ0) is 32.3. The van der Waals surface area contributed by atoms with E-state index in [-0.39, 0.29) is 6.42 Å². The highest BCUT2D eigenvalue weighted by atomic mass is 16.7. The van der Waals surface area contributed by atoms with E-state index in [2.05, 4.69) is 43.4 Å². The standard InChI is InChI=1S/C32H52O12/c1-2-3-4-5-6-7-8-9-10-11-12-13-14-15-16-17-18-19-24(35)43-30-28(39)31(40)41-23(21-34)29(30)44-32-27(38)26(37)25(36)22(20-33)42-32/h6-7,9-10,12-13,15-16,22-23,25-34,36-40H,2-5,8,11,14,17-21H2,1H3/b7-6-,10-9-,13-12-,16-15-/t22-,23-,25+,26+,27-,28-,29-,30-,31?,32+/m1/s1. The van der Waals surface area contributed by atoms with Gasteiger partial charge in [-0.05, 0) is 44.9 Å². The molecule has 12 heteroatoms. The number of rotatable bonds is 19. The SMILES string of the molecule is CCCCC/C=C\C/C=C\C/C=C\C/C=C\CCCC(=O)O[C@H]1[C@H](O[C@@H]2O[C@H](CO)[C@H](O)[C@H](O)[C@H]2O)[C@@H](CO)OC(O)[C@@H]1O. The summed E-state index contributed by atoms with van der Waals surface area (Å²) in [5, 5.41) is 70.2. The molecule has 0 amide bonds. The summed E-state index contributed by atoms with van der Waals surface area (Å²) in [6, 6.07) is 0. The van der Waals surface area contributed by atoms with Gasteiger partial charge in [-0.2, -0.15) is 0 Å². The van der Waals surface area contributed by atoms with Crippen LogP contribution in [0.25, 0.3) is 0 Å². The first-order chi connectivity index (χ1) is 21.2. The van der Waals surface area contributed by atoms with Crippen molar-refractivity contribution in [3.05, 3.63) is 48.6 Å². The van der Waals surface area contributed by atoms with Crippen molar-refractivity contribution < 1.29 is 59.5 Å². The van der Waals surface area contributed by atoms with E-state index in [0.29, 0.717) is 12.8 Å². The van der Waals surface area contributed by atoms with Crippen molar-refractivity contribution >= 4 is 5.97 Å². The van der Waals surface area contributed by atoms with Crippen molar-refractivity contribution in [3.8, 4) is 0 Å². The van der Waals surface area contributed by atoms with Crippen LogP contribution >= 0.6 is 0 Å². The Kier molecular flexibility index (Phi) is 18.9. The van der Waals surface area contributed by atoms with Crippen LogP contribution in [-0.2, 0) is 23.7 Å². The first-order valence-corrected chi connectivity index (χ1v) is 15.6. The van der Waals surface area contributed by atoms with E-state index in [1.165, 1.54) is 19.3 Å². The number of hydrogen-bond donors (Lipinski definition) is 7. The third-order valence-corrected chi connectivity index (χ3v) is 7.43. The van der Waals surface area contributed by atoms with Gasteiger partial charge in [-0.15, -0.1) is 0 Å². The zero-order valence-electron chi connectivity index (χ0n) is 25.5. The van der Waals surface area contributed by atoms with E-state index in [1.807, 2.05) is 12.2 Å². The highest BCUT2D eigenvalue weighted by Gasteiger charge is 2.52. The van der Waals surface area contributed by atoms with Crippen LogP contribution < -0.4 is 0 Å². The number of ether oxygens (including phenoxy) is 4. The number of hydrogen-bond acceptors (Lipinski definition) is 12. The second-order valence-electron chi connectivity index (χ2n) is 11.0. The number of aliphatic hydroxyl groups excluding tert-OH is 7. The van der Waals surface area contributed by atoms with Crippen LogP contribution in [0.1, 0.15) is 71.1 Å². The maximum atomic E-state index is 12.6. The second-order valence-corrected chi connectivity index (χ2v) is 11.0. The lowest BCUT2D eigenvalue weighted by Crippen LogP contribution is -2.65. The summed E-state index contributed by atoms with van der Waals surface area (Å²) in [5.74, 6) is -0.696. The minimum absolute atomic E-state index is 0.00520. The minimum atomic E-state index is -1.80. The number of esters is 1. The van der Waals surface area contributed by atoms with E-state index >= 15 is 0 Å². The maximum Gasteiger partial charge on any atom is 0.306 e. The Morgan fingerprint density at radius 3 is 1.80 bits per heavy atom. The zero-order valence-corrected chi connectivity index (χ0v) is 25.5. The van der Waals surface area contributed by atoms with Crippen molar-refractivity contribution in [2.24, 2.45) is 0 Å². The van der Waals surface area contributed by atoms with Crippen molar-refractivity contribution in [2.75, 3.05) is 13.2 Å². The lowest BCUT2D eigenvalue weighted by Gasteiger charge is -2.46. The quantitative estimate of drug-likeness (QED) is 0.0616. The van der Waals surface area contributed by atoms with E-state index in [1.54, 1.807) is 0 Å². The third kappa shape index (κ3) is 12.8. The Labute approximate surface area is 259 Å². The molecule has 2 heterocycles. The van der Waals surface area contributed by atoms with Gasteiger partial charge in [0.25, 0.3) is 0 Å². The molecule has 0 saturated carbocycles. The van der Waals surface area contributed by atoms with E-state index in [9.17, 15) is 40.5 Å². The van der Waals surface area contributed by atoms with Crippen LogP contribution in [-0.4, -0.2) is 116 Å². The van der Waals surface area contributed by atoms with Gasteiger partial charge in [-0.25, -0.2) is 0 Å². The summed E-state index contributed by atoms with van der Waals surface area (Å²) in [6.45, 7) is 0.787. The number of carbonyl (C=O) groups is 1. The molecule has 0 aromatic rings. The number of carbonyl (C=O) groups excluding carboxylic acids is 1. The Morgan fingerprint density at radius 2 is 1.23 bits per heavy atom. The average molecular weight is 629 g/mol. The summed E-state index contributed by atoms with van der Waals surface area (Å²) in [7, 11) is 0. The van der Waals surface area contributed by atoms with Gasteiger partial charge >= 0.3 is 5.97 Å². The third-order valence-electron chi connectivity index (χ3n) is 7.43. The van der Waals surface area contributed by atoms with Crippen LogP contribution in [0, 0.1) is 0 Å². The van der Waals surface area contributed by atoms with Crippen LogP contribution in [0.15, 0.2) is 48.6 Å². The minimum Gasteiger partial charge on any atom is -0.456 e. The molecule has 0 aromatic carbocycles. The lowest BCUT2D eigenvalue weighted by molar-refractivity contribution is -0.355. The molecule has 2 aliphatic rings. The second kappa shape index (κ2) is 21.7. The van der Waals surface area contributed by atoms with Crippen LogP contribution in [0.3, 0.4) is 0 Å². The summed E-state index contributed by atoms with van der Waals surface area (Å²) in [4.78, 5) is 12.6. The molecular formula is C32H52O12. The Hall–Kier alpha value is -1.97. The molecule has 0 radical (unpaired) electrons. The van der Waals surface area contributed by atoms with Gasteiger partial charge < -0.3 is 54.7 Å². The molecule has 2 rings (SSSR count). The summed E-state index contributed by atoms with van der Waals surface area (Å²) in [5.41, 5.74) is 0. The molecule has 12 nitrogen and oxygen atoms in total. The first-order valence-electron chi connectivity index (χ1n) is 15.6. The summed E-state index contributed by atoms with van der Waals surface area (Å²) < 4.78 is 21.6. The van der Waals surface area contributed by atoms with E-state index < -0.39 is 80.6 Å². The maximum absolute atomic E-state index is 12.6. The number of unbranched alkanes of at least 4 members (excludes halogenated alkanes) is 4. The van der Waals surface area contributed by atoms with Crippen LogP contribution in [0.4, 0.5) is 0 Å². The smallest absolute Gasteiger partial charge is 0.306 e. The molecule has 0 bridgehead atoms. The average Bonchev–Trinajstić information content (AvgIpc) is 3.02. The molecule has 0 aromatic heterocycles.